The van der Waals surface area contributed by atoms with Gasteiger partial charge < -0.3 is 29.2 Å². The molecule has 3 aromatic carbocycles. The smallest absolute Gasteiger partial charge is 0.336 e. The predicted octanol–water partition coefficient (Wildman–Crippen LogP) is 5.01. The maximum atomic E-state index is 13.4. The largest absolute Gasteiger partial charge is 0.493 e. The third-order valence-electron chi connectivity index (χ3n) is 7.04. The molecule has 0 radical (unpaired) electrons. The van der Waals surface area contributed by atoms with Crippen molar-refractivity contribution in [3.8, 4) is 23.0 Å². The molecule has 1 atom stereocenters. The lowest BCUT2D eigenvalue weighted by atomic mass is 9.83. The van der Waals surface area contributed by atoms with Gasteiger partial charge in [0.25, 0.3) is 0 Å². The Morgan fingerprint density at radius 1 is 0.929 bits per heavy atom. The molecule has 1 aliphatic heterocycles. The van der Waals surface area contributed by atoms with Gasteiger partial charge in [0.1, 0.15) is 18.0 Å². The lowest BCUT2D eigenvalue weighted by Crippen LogP contribution is -2.44. The van der Waals surface area contributed by atoms with Gasteiger partial charge in [0.15, 0.2) is 11.5 Å². The molecule has 9 nitrogen and oxygen atoms in total. The molecule has 1 N–H and O–H groups in total. The standard InChI is InChI=1S/C33H36N2O7/c1-5-41-33(38)32-22(2)35(21-30(36)34-17-16-23-14-15-28(39-3)29(18-23)40-4)31(37)20-27(32)24-10-9-13-26(19-24)42-25-11-7-6-8-12-25/h6-15,18-19,27H,5,16-17,20-21H2,1-4H3,(H,34,36). The summed E-state index contributed by atoms with van der Waals surface area (Å²) in [5, 5.41) is 2.87. The fourth-order valence-corrected chi connectivity index (χ4v) is 4.96. The van der Waals surface area contributed by atoms with E-state index in [1.807, 2.05) is 72.8 Å². The molecule has 220 valence electrons. The topological polar surface area (TPSA) is 103 Å². The Morgan fingerprint density at radius 2 is 1.67 bits per heavy atom. The van der Waals surface area contributed by atoms with Crippen LogP contribution in [0.3, 0.4) is 0 Å². The van der Waals surface area contributed by atoms with Crippen molar-refractivity contribution in [1.29, 1.82) is 0 Å². The molecule has 1 heterocycles. The Kier molecular flexibility index (Phi) is 10.2. The number of nitrogens with zero attached hydrogens (tertiary/aromatic N) is 1. The molecule has 0 aliphatic carbocycles. The van der Waals surface area contributed by atoms with Crippen LogP contribution in [0.25, 0.3) is 0 Å². The highest BCUT2D eigenvalue weighted by molar-refractivity contribution is 5.97. The number of carbonyl (C=O) groups excluding carboxylic acids is 3. The molecule has 0 saturated carbocycles. The average Bonchev–Trinajstić information content (AvgIpc) is 2.99. The van der Waals surface area contributed by atoms with Gasteiger partial charge in [-0.05, 0) is 67.8 Å². The third-order valence-corrected chi connectivity index (χ3v) is 7.04. The normalized spacial score (nSPS) is 14.8. The van der Waals surface area contributed by atoms with Crippen LogP contribution in [0.1, 0.15) is 37.3 Å². The molecule has 4 rings (SSSR count). The molecular formula is C33H36N2O7. The van der Waals surface area contributed by atoms with Crippen molar-refractivity contribution in [2.24, 2.45) is 0 Å². The van der Waals surface area contributed by atoms with Gasteiger partial charge in [-0.2, -0.15) is 0 Å². The number of hydrogen-bond acceptors (Lipinski definition) is 7. The van der Waals surface area contributed by atoms with Crippen molar-refractivity contribution in [2.75, 3.05) is 33.9 Å². The summed E-state index contributed by atoms with van der Waals surface area (Å²) in [6.07, 6.45) is 0.575. The summed E-state index contributed by atoms with van der Waals surface area (Å²) >= 11 is 0. The van der Waals surface area contributed by atoms with Gasteiger partial charge in [-0.1, -0.05) is 36.4 Å². The van der Waals surface area contributed by atoms with E-state index in [1.54, 1.807) is 28.1 Å². The fraction of sp³-hybridized carbons (Fsp3) is 0.303. The van der Waals surface area contributed by atoms with Crippen LogP contribution >= 0.6 is 0 Å². The second kappa shape index (κ2) is 14.2. The van der Waals surface area contributed by atoms with Crippen molar-refractivity contribution in [1.82, 2.24) is 10.2 Å². The Labute approximate surface area is 246 Å². The van der Waals surface area contributed by atoms with Crippen LogP contribution in [-0.2, 0) is 25.5 Å². The van der Waals surface area contributed by atoms with Crippen LogP contribution in [0, 0.1) is 0 Å². The molecule has 2 amide bonds. The SMILES string of the molecule is CCOC(=O)C1=C(C)N(CC(=O)NCCc2ccc(OC)c(OC)c2)C(=O)CC1c1cccc(Oc2ccccc2)c1. The van der Waals surface area contributed by atoms with Crippen molar-refractivity contribution in [2.45, 2.75) is 32.6 Å². The maximum Gasteiger partial charge on any atom is 0.336 e. The summed E-state index contributed by atoms with van der Waals surface area (Å²) < 4.78 is 22.0. The first-order valence-electron chi connectivity index (χ1n) is 13.8. The number of hydrogen-bond donors (Lipinski definition) is 1. The minimum absolute atomic E-state index is 0.0131. The van der Waals surface area contributed by atoms with E-state index >= 15 is 0 Å². The van der Waals surface area contributed by atoms with Gasteiger partial charge in [0.2, 0.25) is 11.8 Å². The molecule has 3 aromatic rings. The molecule has 0 spiro atoms. The Hall–Kier alpha value is -4.79. The molecule has 0 fully saturated rings. The van der Waals surface area contributed by atoms with E-state index in [2.05, 4.69) is 5.32 Å². The average molecular weight is 573 g/mol. The summed E-state index contributed by atoms with van der Waals surface area (Å²) in [5.74, 6) is 0.860. The number of nitrogens with one attached hydrogen (secondary N) is 1. The summed E-state index contributed by atoms with van der Waals surface area (Å²) in [6, 6.07) is 22.3. The second-order valence-corrected chi connectivity index (χ2v) is 9.73. The summed E-state index contributed by atoms with van der Waals surface area (Å²) in [7, 11) is 3.14. The summed E-state index contributed by atoms with van der Waals surface area (Å²) in [4.78, 5) is 40.8. The van der Waals surface area contributed by atoms with Gasteiger partial charge in [-0.25, -0.2) is 4.79 Å². The highest BCUT2D eigenvalue weighted by Gasteiger charge is 2.37. The lowest BCUT2D eigenvalue weighted by Gasteiger charge is -2.34. The van der Waals surface area contributed by atoms with E-state index in [0.717, 1.165) is 11.1 Å². The van der Waals surface area contributed by atoms with Crippen molar-refractivity contribution < 1.29 is 33.3 Å². The van der Waals surface area contributed by atoms with E-state index in [9.17, 15) is 14.4 Å². The zero-order valence-corrected chi connectivity index (χ0v) is 24.3. The van der Waals surface area contributed by atoms with Crippen LogP contribution in [0.5, 0.6) is 23.0 Å². The maximum absolute atomic E-state index is 13.4. The van der Waals surface area contributed by atoms with Gasteiger partial charge in [0, 0.05) is 24.6 Å². The fourth-order valence-electron chi connectivity index (χ4n) is 4.96. The van der Waals surface area contributed by atoms with Crippen LogP contribution in [0.15, 0.2) is 84.1 Å². The van der Waals surface area contributed by atoms with E-state index in [0.29, 0.717) is 47.2 Å². The number of benzene rings is 3. The third kappa shape index (κ3) is 7.28. The molecule has 0 aromatic heterocycles. The Balaban J connectivity index is 1.49. The van der Waals surface area contributed by atoms with Crippen molar-refractivity contribution in [3.63, 3.8) is 0 Å². The lowest BCUT2D eigenvalue weighted by molar-refractivity contribution is -0.141. The van der Waals surface area contributed by atoms with Crippen LogP contribution in [0.2, 0.25) is 0 Å². The first kappa shape index (κ1) is 30.2. The van der Waals surface area contributed by atoms with Crippen molar-refractivity contribution >= 4 is 17.8 Å². The van der Waals surface area contributed by atoms with Gasteiger partial charge in [-0.3, -0.25) is 9.59 Å². The quantitative estimate of drug-likeness (QED) is 0.305. The highest BCUT2D eigenvalue weighted by Crippen LogP contribution is 2.38. The number of allylic oxidation sites excluding steroid dienone is 1. The number of methoxy groups -OCH3 is 2. The van der Waals surface area contributed by atoms with Crippen LogP contribution < -0.4 is 19.5 Å². The molecule has 1 unspecified atom stereocenters. The van der Waals surface area contributed by atoms with E-state index in [1.165, 1.54) is 4.90 Å². The minimum atomic E-state index is -0.541. The zero-order chi connectivity index (χ0) is 30.1. The molecule has 1 aliphatic rings. The minimum Gasteiger partial charge on any atom is -0.493 e. The van der Waals surface area contributed by atoms with E-state index < -0.39 is 11.9 Å². The number of para-hydroxylation sites is 1. The number of amides is 2. The Morgan fingerprint density at radius 3 is 2.38 bits per heavy atom. The number of ether oxygens (including phenoxy) is 4. The number of rotatable bonds is 12. The number of carbonyl (C=O) groups is 3. The summed E-state index contributed by atoms with van der Waals surface area (Å²) in [6.45, 7) is 3.75. The molecule has 0 saturated heterocycles. The predicted molar refractivity (Wildman–Crippen MR) is 158 cm³/mol. The molecule has 0 bridgehead atoms. The molecule has 42 heavy (non-hydrogen) atoms. The molecular weight excluding hydrogens is 536 g/mol. The molecule has 9 heteroatoms. The highest BCUT2D eigenvalue weighted by atomic mass is 16.5. The van der Waals surface area contributed by atoms with E-state index in [4.69, 9.17) is 18.9 Å². The van der Waals surface area contributed by atoms with Gasteiger partial charge >= 0.3 is 5.97 Å². The second-order valence-electron chi connectivity index (χ2n) is 9.73. The summed E-state index contributed by atoms with van der Waals surface area (Å²) in [5.41, 5.74) is 2.47. The van der Waals surface area contributed by atoms with Crippen molar-refractivity contribution in [3.05, 3.63) is 95.2 Å². The first-order valence-corrected chi connectivity index (χ1v) is 13.8. The van der Waals surface area contributed by atoms with Gasteiger partial charge in [0.05, 0.1) is 26.4 Å². The number of esters is 1. The monoisotopic (exact) mass is 572 g/mol. The Bertz CT molecular complexity index is 1450. The van der Waals surface area contributed by atoms with Crippen LogP contribution in [0.4, 0.5) is 0 Å². The first-order chi connectivity index (χ1) is 20.3. The van der Waals surface area contributed by atoms with Gasteiger partial charge in [-0.15, -0.1) is 0 Å². The van der Waals surface area contributed by atoms with E-state index in [-0.39, 0.29) is 31.4 Å². The van der Waals surface area contributed by atoms with Crippen LogP contribution in [-0.4, -0.2) is 56.6 Å². The zero-order valence-electron chi connectivity index (χ0n) is 24.3.